The van der Waals surface area contributed by atoms with Gasteiger partial charge in [0.15, 0.2) is 5.82 Å². The third kappa shape index (κ3) is 2.41. The maximum atomic E-state index is 5.22. The van der Waals surface area contributed by atoms with Crippen LogP contribution in [0.4, 0.5) is 0 Å². The summed E-state index contributed by atoms with van der Waals surface area (Å²) in [6.45, 7) is 11.8. The van der Waals surface area contributed by atoms with E-state index in [1.807, 2.05) is 6.92 Å². The summed E-state index contributed by atoms with van der Waals surface area (Å²) in [6, 6.07) is 0.236. The molecule has 0 saturated carbocycles. The zero-order valence-corrected chi connectivity index (χ0v) is 10.3. The Bertz CT molecular complexity index is 330. The molecule has 0 aliphatic carbocycles. The molecule has 1 aliphatic heterocycles. The molecule has 0 N–H and O–H groups in total. The summed E-state index contributed by atoms with van der Waals surface area (Å²) in [7, 11) is 0. The van der Waals surface area contributed by atoms with Crippen LogP contribution in [0.2, 0.25) is 0 Å². The molecule has 90 valence electrons. The summed E-state index contributed by atoms with van der Waals surface area (Å²) in [5.74, 6) is 1.46. The zero-order chi connectivity index (χ0) is 11.5. The van der Waals surface area contributed by atoms with E-state index in [1.54, 1.807) is 0 Å². The molecule has 1 aliphatic rings. The predicted octanol–water partition coefficient (Wildman–Crippen LogP) is 1.08. The van der Waals surface area contributed by atoms with Crippen LogP contribution in [0.5, 0.6) is 0 Å². The number of hydrogen-bond donors (Lipinski definition) is 0. The van der Waals surface area contributed by atoms with Crippen molar-refractivity contribution in [2.75, 3.05) is 32.7 Å². The Morgan fingerprint density at radius 2 is 2.00 bits per heavy atom. The van der Waals surface area contributed by atoms with Crippen molar-refractivity contribution in [1.29, 1.82) is 0 Å². The fraction of sp³-hybridized carbons (Fsp3) is 0.818. The van der Waals surface area contributed by atoms with E-state index in [-0.39, 0.29) is 6.04 Å². The van der Waals surface area contributed by atoms with Crippen molar-refractivity contribution in [3.63, 3.8) is 0 Å². The molecule has 0 aromatic carbocycles. The first-order valence-corrected chi connectivity index (χ1v) is 5.97. The van der Waals surface area contributed by atoms with E-state index in [9.17, 15) is 0 Å². The van der Waals surface area contributed by atoms with Crippen molar-refractivity contribution in [3.05, 3.63) is 11.7 Å². The minimum Gasteiger partial charge on any atom is -0.338 e. The first-order chi connectivity index (χ1) is 7.70. The second-order valence-electron chi connectivity index (χ2n) is 4.33. The third-order valence-corrected chi connectivity index (χ3v) is 3.30. The highest BCUT2D eigenvalue weighted by atomic mass is 16.5. The number of piperazine rings is 1. The Balaban J connectivity index is 1.93. The van der Waals surface area contributed by atoms with Crippen LogP contribution in [0.25, 0.3) is 0 Å². The molecule has 1 atom stereocenters. The summed E-state index contributed by atoms with van der Waals surface area (Å²) >= 11 is 0. The van der Waals surface area contributed by atoms with Gasteiger partial charge in [-0.3, -0.25) is 4.90 Å². The lowest BCUT2D eigenvalue weighted by Gasteiger charge is -2.36. The lowest BCUT2D eigenvalue weighted by Crippen LogP contribution is -2.46. The third-order valence-electron chi connectivity index (χ3n) is 3.30. The molecule has 1 aromatic rings. The van der Waals surface area contributed by atoms with Gasteiger partial charge in [-0.25, -0.2) is 0 Å². The average Bonchev–Trinajstić information content (AvgIpc) is 2.75. The van der Waals surface area contributed by atoms with Gasteiger partial charge < -0.3 is 9.42 Å². The summed E-state index contributed by atoms with van der Waals surface area (Å²) in [6.07, 6.45) is 0. The Kier molecular flexibility index (Phi) is 3.56. The zero-order valence-electron chi connectivity index (χ0n) is 10.3. The van der Waals surface area contributed by atoms with E-state index in [0.717, 1.165) is 38.6 Å². The lowest BCUT2D eigenvalue weighted by atomic mass is 10.2. The monoisotopic (exact) mass is 224 g/mol. The van der Waals surface area contributed by atoms with E-state index < -0.39 is 0 Å². The van der Waals surface area contributed by atoms with Gasteiger partial charge in [-0.2, -0.15) is 4.98 Å². The molecule has 0 radical (unpaired) electrons. The van der Waals surface area contributed by atoms with Crippen LogP contribution in [-0.2, 0) is 0 Å². The molecule has 0 amide bonds. The second kappa shape index (κ2) is 4.93. The second-order valence-corrected chi connectivity index (χ2v) is 4.33. The predicted molar refractivity (Wildman–Crippen MR) is 61.1 cm³/mol. The number of rotatable bonds is 3. The van der Waals surface area contributed by atoms with Crippen molar-refractivity contribution in [2.24, 2.45) is 0 Å². The molecule has 1 saturated heterocycles. The molecule has 0 unspecified atom stereocenters. The van der Waals surface area contributed by atoms with E-state index in [4.69, 9.17) is 4.52 Å². The highest BCUT2D eigenvalue weighted by Gasteiger charge is 2.24. The van der Waals surface area contributed by atoms with Crippen molar-refractivity contribution in [3.8, 4) is 0 Å². The summed E-state index contributed by atoms with van der Waals surface area (Å²) in [4.78, 5) is 9.15. The molecule has 1 fully saturated rings. The average molecular weight is 224 g/mol. The summed E-state index contributed by atoms with van der Waals surface area (Å²) in [5.41, 5.74) is 0. The van der Waals surface area contributed by atoms with Gasteiger partial charge in [0, 0.05) is 26.2 Å². The van der Waals surface area contributed by atoms with Gasteiger partial charge in [0.05, 0.1) is 6.04 Å². The number of aromatic nitrogens is 2. The van der Waals surface area contributed by atoms with Crippen LogP contribution in [0.1, 0.15) is 31.6 Å². The SMILES string of the molecule is CCN1CCN([C@@H](C)c2nc(C)no2)CC1. The van der Waals surface area contributed by atoms with Crippen molar-refractivity contribution >= 4 is 0 Å². The van der Waals surface area contributed by atoms with Gasteiger partial charge in [0.2, 0.25) is 5.89 Å². The number of likely N-dealkylation sites (N-methyl/N-ethyl adjacent to an activating group) is 1. The molecule has 2 heterocycles. The number of aryl methyl sites for hydroxylation is 1. The van der Waals surface area contributed by atoms with Crippen molar-refractivity contribution in [1.82, 2.24) is 19.9 Å². The van der Waals surface area contributed by atoms with Crippen molar-refractivity contribution < 1.29 is 4.52 Å². The Morgan fingerprint density at radius 3 is 2.50 bits per heavy atom. The largest absolute Gasteiger partial charge is 0.338 e. The fourth-order valence-electron chi connectivity index (χ4n) is 2.11. The molecule has 16 heavy (non-hydrogen) atoms. The standard InChI is InChI=1S/C11H20N4O/c1-4-14-5-7-15(8-6-14)9(2)11-12-10(3)13-16-11/h9H,4-8H2,1-3H3/t9-/m0/s1. The normalized spacial score (nSPS) is 21.2. The fourth-order valence-corrected chi connectivity index (χ4v) is 2.11. The highest BCUT2D eigenvalue weighted by Crippen LogP contribution is 2.19. The van der Waals surface area contributed by atoms with Gasteiger partial charge in [-0.05, 0) is 20.4 Å². The molecule has 0 bridgehead atoms. The maximum Gasteiger partial charge on any atom is 0.243 e. The van der Waals surface area contributed by atoms with Gasteiger partial charge in [0.25, 0.3) is 0 Å². The van der Waals surface area contributed by atoms with E-state index >= 15 is 0 Å². The molecule has 1 aromatic heterocycles. The summed E-state index contributed by atoms with van der Waals surface area (Å²) < 4.78 is 5.22. The van der Waals surface area contributed by atoms with Gasteiger partial charge >= 0.3 is 0 Å². The number of hydrogen-bond acceptors (Lipinski definition) is 5. The minimum atomic E-state index is 0.236. The Hall–Kier alpha value is -0.940. The Morgan fingerprint density at radius 1 is 1.31 bits per heavy atom. The van der Waals surface area contributed by atoms with Gasteiger partial charge in [-0.15, -0.1) is 0 Å². The highest BCUT2D eigenvalue weighted by molar-refractivity contribution is 4.91. The minimum absolute atomic E-state index is 0.236. The van der Waals surface area contributed by atoms with Crippen LogP contribution in [-0.4, -0.2) is 52.7 Å². The topological polar surface area (TPSA) is 45.4 Å². The van der Waals surface area contributed by atoms with Crippen LogP contribution >= 0.6 is 0 Å². The quantitative estimate of drug-likeness (QED) is 0.768. The van der Waals surface area contributed by atoms with Crippen LogP contribution in [0.3, 0.4) is 0 Å². The molecule has 5 heteroatoms. The molecule has 2 rings (SSSR count). The van der Waals surface area contributed by atoms with Crippen molar-refractivity contribution in [2.45, 2.75) is 26.8 Å². The molecular weight excluding hydrogens is 204 g/mol. The molecular formula is C11H20N4O. The van der Waals surface area contributed by atoms with Gasteiger partial charge in [0.1, 0.15) is 0 Å². The lowest BCUT2D eigenvalue weighted by molar-refractivity contribution is 0.0914. The van der Waals surface area contributed by atoms with E-state index in [2.05, 4.69) is 33.8 Å². The number of nitrogens with zero attached hydrogens (tertiary/aromatic N) is 4. The first kappa shape index (κ1) is 11.5. The van der Waals surface area contributed by atoms with Crippen LogP contribution in [0, 0.1) is 6.92 Å². The molecule has 5 nitrogen and oxygen atoms in total. The Labute approximate surface area is 96.4 Å². The van der Waals surface area contributed by atoms with Gasteiger partial charge in [-0.1, -0.05) is 12.1 Å². The van der Waals surface area contributed by atoms with E-state index in [0.29, 0.717) is 5.82 Å². The summed E-state index contributed by atoms with van der Waals surface area (Å²) in [5, 5.41) is 3.84. The smallest absolute Gasteiger partial charge is 0.243 e. The van der Waals surface area contributed by atoms with Crippen LogP contribution < -0.4 is 0 Å². The molecule has 0 spiro atoms. The maximum absolute atomic E-state index is 5.22. The van der Waals surface area contributed by atoms with E-state index in [1.165, 1.54) is 0 Å². The van der Waals surface area contributed by atoms with Crippen LogP contribution in [0.15, 0.2) is 4.52 Å². The first-order valence-electron chi connectivity index (χ1n) is 5.97.